The molecular formula is C14H13BrN2O2. The summed E-state index contributed by atoms with van der Waals surface area (Å²) >= 11 is 3.25. The lowest BCUT2D eigenvalue weighted by atomic mass is 10.2. The molecule has 0 unspecified atom stereocenters. The van der Waals surface area contributed by atoms with Crippen LogP contribution in [0.4, 0.5) is 11.5 Å². The number of rotatable bonds is 4. The van der Waals surface area contributed by atoms with Gasteiger partial charge in [-0.1, -0.05) is 18.2 Å². The second kappa shape index (κ2) is 5.84. The summed E-state index contributed by atoms with van der Waals surface area (Å²) in [6, 6.07) is 11.2. The normalized spacial score (nSPS) is 10.2. The molecule has 0 bridgehead atoms. The molecule has 0 aliphatic carbocycles. The van der Waals surface area contributed by atoms with Gasteiger partial charge in [0, 0.05) is 22.9 Å². The van der Waals surface area contributed by atoms with Gasteiger partial charge in [0.25, 0.3) is 0 Å². The Bertz CT molecular complexity index is 587. The molecule has 0 amide bonds. The zero-order valence-electron chi connectivity index (χ0n) is 10.4. The van der Waals surface area contributed by atoms with Gasteiger partial charge in [0.2, 0.25) is 0 Å². The molecule has 2 aromatic rings. The molecule has 1 aromatic heterocycles. The van der Waals surface area contributed by atoms with Crippen LogP contribution in [-0.4, -0.2) is 22.6 Å². The first-order valence-corrected chi connectivity index (χ1v) is 6.64. The first kappa shape index (κ1) is 13.5. The second-order valence-corrected chi connectivity index (χ2v) is 4.83. The number of halogens is 1. The van der Waals surface area contributed by atoms with E-state index in [1.807, 2.05) is 42.2 Å². The van der Waals surface area contributed by atoms with Crippen molar-refractivity contribution in [3.8, 4) is 0 Å². The number of carbonyl (C=O) groups is 1. The average Bonchev–Trinajstić information content (AvgIpc) is 2.42. The average molecular weight is 321 g/mol. The van der Waals surface area contributed by atoms with Crippen molar-refractivity contribution >= 4 is 33.4 Å². The molecule has 0 radical (unpaired) electrons. The predicted molar refractivity (Wildman–Crippen MR) is 78.0 cm³/mol. The summed E-state index contributed by atoms with van der Waals surface area (Å²) in [5.74, 6) is -0.539. The quantitative estimate of drug-likeness (QED) is 0.933. The molecule has 1 N–H and O–H groups in total. The van der Waals surface area contributed by atoms with Gasteiger partial charge in [-0.05, 0) is 41.1 Å². The van der Waals surface area contributed by atoms with Gasteiger partial charge >= 0.3 is 5.97 Å². The SMILES string of the molecule is CCN(c1ccccc1)c1ncc(Br)cc1C(=O)O. The van der Waals surface area contributed by atoms with Crippen LogP contribution in [0.5, 0.6) is 0 Å². The molecule has 0 aliphatic rings. The lowest BCUT2D eigenvalue weighted by Gasteiger charge is -2.23. The predicted octanol–water partition coefficient (Wildman–Crippen LogP) is 3.70. The number of carboxylic acid groups (broad SMARTS) is 1. The largest absolute Gasteiger partial charge is 0.478 e. The Hall–Kier alpha value is -1.88. The number of benzene rings is 1. The summed E-state index contributed by atoms with van der Waals surface area (Å²) in [7, 11) is 0. The Morgan fingerprint density at radius 2 is 2.05 bits per heavy atom. The number of aromatic carboxylic acids is 1. The highest BCUT2D eigenvalue weighted by Crippen LogP contribution is 2.28. The number of carboxylic acids is 1. The molecule has 0 fully saturated rings. The van der Waals surface area contributed by atoms with Crippen LogP contribution in [-0.2, 0) is 0 Å². The van der Waals surface area contributed by atoms with Crippen LogP contribution in [0, 0.1) is 0 Å². The monoisotopic (exact) mass is 320 g/mol. The Balaban J connectivity index is 2.53. The lowest BCUT2D eigenvalue weighted by molar-refractivity contribution is 0.0697. The van der Waals surface area contributed by atoms with Gasteiger partial charge < -0.3 is 10.0 Å². The molecule has 0 saturated heterocycles. The molecule has 0 atom stereocenters. The molecule has 5 heteroatoms. The van der Waals surface area contributed by atoms with Crippen LogP contribution in [0.3, 0.4) is 0 Å². The number of pyridine rings is 1. The zero-order chi connectivity index (χ0) is 13.8. The minimum Gasteiger partial charge on any atom is -0.478 e. The van der Waals surface area contributed by atoms with Gasteiger partial charge in [0.05, 0.1) is 0 Å². The number of para-hydroxylation sites is 1. The molecule has 0 aliphatic heterocycles. The number of aromatic nitrogens is 1. The molecule has 0 saturated carbocycles. The number of hydrogen-bond donors (Lipinski definition) is 1. The molecule has 0 spiro atoms. The minimum atomic E-state index is -0.988. The highest BCUT2D eigenvalue weighted by molar-refractivity contribution is 9.10. The number of hydrogen-bond acceptors (Lipinski definition) is 3. The van der Waals surface area contributed by atoms with E-state index in [2.05, 4.69) is 20.9 Å². The third-order valence-corrected chi connectivity index (χ3v) is 3.14. The Morgan fingerprint density at radius 3 is 2.63 bits per heavy atom. The number of anilines is 2. The first-order chi connectivity index (χ1) is 9.13. The molecular weight excluding hydrogens is 308 g/mol. The Morgan fingerprint density at radius 1 is 1.37 bits per heavy atom. The summed E-state index contributed by atoms with van der Waals surface area (Å²) in [4.78, 5) is 17.5. The highest BCUT2D eigenvalue weighted by Gasteiger charge is 2.18. The summed E-state index contributed by atoms with van der Waals surface area (Å²) in [6.45, 7) is 2.60. The Kier molecular flexibility index (Phi) is 4.16. The van der Waals surface area contributed by atoms with Crippen LogP contribution in [0.2, 0.25) is 0 Å². The molecule has 1 aromatic carbocycles. The molecule has 2 rings (SSSR count). The van der Waals surface area contributed by atoms with Gasteiger partial charge in [0.1, 0.15) is 11.4 Å². The van der Waals surface area contributed by atoms with Gasteiger partial charge in [0.15, 0.2) is 0 Å². The fraction of sp³-hybridized carbons (Fsp3) is 0.143. The topological polar surface area (TPSA) is 53.4 Å². The van der Waals surface area contributed by atoms with E-state index < -0.39 is 5.97 Å². The third kappa shape index (κ3) is 2.93. The van der Waals surface area contributed by atoms with Crippen molar-refractivity contribution < 1.29 is 9.90 Å². The number of nitrogens with zero attached hydrogens (tertiary/aromatic N) is 2. The fourth-order valence-electron chi connectivity index (χ4n) is 1.87. The van der Waals surface area contributed by atoms with Crippen molar-refractivity contribution in [2.24, 2.45) is 0 Å². The molecule has 4 nitrogen and oxygen atoms in total. The summed E-state index contributed by atoms with van der Waals surface area (Å²) in [5, 5.41) is 9.29. The molecule has 98 valence electrons. The van der Waals surface area contributed by atoms with E-state index in [0.29, 0.717) is 16.8 Å². The van der Waals surface area contributed by atoms with Crippen molar-refractivity contribution in [2.45, 2.75) is 6.92 Å². The maximum absolute atomic E-state index is 11.3. The lowest BCUT2D eigenvalue weighted by Crippen LogP contribution is -2.20. The van der Waals surface area contributed by atoms with E-state index in [0.717, 1.165) is 5.69 Å². The van der Waals surface area contributed by atoms with E-state index in [9.17, 15) is 9.90 Å². The van der Waals surface area contributed by atoms with E-state index in [-0.39, 0.29) is 5.56 Å². The van der Waals surface area contributed by atoms with Gasteiger partial charge in [-0.2, -0.15) is 0 Å². The van der Waals surface area contributed by atoms with Gasteiger partial charge in [-0.25, -0.2) is 9.78 Å². The maximum Gasteiger partial charge on any atom is 0.339 e. The molecule has 1 heterocycles. The maximum atomic E-state index is 11.3. The van der Waals surface area contributed by atoms with Crippen molar-refractivity contribution in [1.29, 1.82) is 0 Å². The second-order valence-electron chi connectivity index (χ2n) is 3.91. The van der Waals surface area contributed by atoms with Crippen molar-refractivity contribution in [2.75, 3.05) is 11.4 Å². The van der Waals surface area contributed by atoms with E-state index in [1.165, 1.54) is 0 Å². The van der Waals surface area contributed by atoms with Crippen molar-refractivity contribution in [3.05, 3.63) is 52.6 Å². The smallest absolute Gasteiger partial charge is 0.339 e. The van der Waals surface area contributed by atoms with Crippen LogP contribution in [0.1, 0.15) is 17.3 Å². The first-order valence-electron chi connectivity index (χ1n) is 5.85. The standard InChI is InChI=1S/C14H13BrN2O2/c1-2-17(11-6-4-3-5-7-11)13-12(14(18)19)8-10(15)9-16-13/h3-9H,2H2,1H3,(H,18,19). The Labute approximate surface area is 119 Å². The van der Waals surface area contributed by atoms with Gasteiger partial charge in [-0.3, -0.25) is 0 Å². The van der Waals surface area contributed by atoms with E-state index in [4.69, 9.17) is 0 Å². The summed E-state index contributed by atoms with van der Waals surface area (Å²) < 4.78 is 0.651. The van der Waals surface area contributed by atoms with Crippen molar-refractivity contribution in [1.82, 2.24) is 4.98 Å². The van der Waals surface area contributed by atoms with Gasteiger partial charge in [-0.15, -0.1) is 0 Å². The minimum absolute atomic E-state index is 0.181. The fourth-order valence-corrected chi connectivity index (χ4v) is 2.20. The zero-order valence-corrected chi connectivity index (χ0v) is 12.0. The van der Waals surface area contributed by atoms with Crippen LogP contribution < -0.4 is 4.90 Å². The van der Waals surface area contributed by atoms with Crippen LogP contribution >= 0.6 is 15.9 Å². The molecule has 19 heavy (non-hydrogen) atoms. The highest BCUT2D eigenvalue weighted by atomic mass is 79.9. The van der Waals surface area contributed by atoms with E-state index >= 15 is 0 Å². The summed E-state index contributed by atoms with van der Waals surface area (Å²) in [5.41, 5.74) is 1.10. The van der Waals surface area contributed by atoms with Crippen LogP contribution in [0.25, 0.3) is 0 Å². The third-order valence-electron chi connectivity index (χ3n) is 2.70. The van der Waals surface area contributed by atoms with Crippen molar-refractivity contribution in [3.63, 3.8) is 0 Å². The summed E-state index contributed by atoms with van der Waals surface area (Å²) in [6.07, 6.45) is 1.60. The van der Waals surface area contributed by atoms with Crippen LogP contribution in [0.15, 0.2) is 47.1 Å². The van der Waals surface area contributed by atoms with E-state index in [1.54, 1.807) is 12.3 Å².